The molecular formula is C11H18N2O6. The first kappa shape index (κ1) is 15.2. The van der Waals surface area contributed by atoms with Gasteiger partial charge in [-0.15, -0.1) is 0 Å². The summed E-state index contributed by atoms with van der Waals surface area (Å²) < 4.78 is 4.63. The Morgan fingerprint density at radius 3 is 2.42 bits per heavy atom. The average molecular weight is 274 g/mol. The van der Waals surface area contributed by atoms with Crippen molar-refractivity contribution in [1.29, 1.82) is 0 Å². The Kier molecular flexibility index (Phi) is 5.56. The Hall–Kier alpha value is -1.83. The van der Waals surface area contributed by atoms with Crippen LogP contribution in [0, 0.1) is 5.92 Å². The molecule has 0 unspecified atom stereocenters. The number of nitrogens with one attached hydrogen (secondary N) is 1. The SMILES string of the molecule is COC(=O)C1CCN(C(=O)NC[C@H](O)C(=O)O)CC1. The van der Waals surface area contributed by atoms with E-state index in [2.05, 4.69) is 10.1 Å². The van der Waals surface area contributed by atoms with Gasteiger partial charge in [0.05, 0.1) is 19.6 Å². The van der Waals surface area contributed by atoms with Crippen LogP contribution in [0.3, 0.4) is 0 Å². The lowest BCUT2D eigenvalue weighted by Gasteiger charge is -2.30. The number of aliphatic hydroxyl groups is 1. The highest BCUT2D eigenvalue weighted by molar-refractivity contribution is 5.77. The van der Waals surface area contributed by atoms with E-state index in [-0.39, 0.29) is 18.4 Å². The number of piperidine rings is 1. The van der Waals surface area contributed by atoms with Gasteiger partial charge in [0.2, 0.25) is 0 Å². The number of aliphatic carboxylic acids is 1. The summed E-state index contributed by atoms with van der Waals surface area (Å²) in [5, 5.41) is 19.8. The molecule has 1 heterocycles. The number of hydrogen-bond acceptors (Lipinski definition) is 5. The first-order valence-electron chi connectivity index (χ1n) is 5.97. The summed E-state index contributed by atoms with van der Waals surface area (Å²) in [5.74, 6) is -1.86. The van der Waals surface area contributed by atoms with Crippen LogP contribution < -0.4 is 5.32 Å². The van der Waals surface area contributed by atoms with E-state index in [1.54, 1.807) is 0 Å². The van der Waals surface area contributed by atoms with Crippen LogP contribution in [0.25, 0.3) is 0 Å². The molecule has 1 fully saturated rings. The second-order valence-electron chi connectivity index (χ2n) is 4.32. The zero-order valence-corrected chi connectivity index (χ0v) is 10.7. The van der Waals surface area contributed by atoms with Crippen molar-refractivity contribution in [2.24, 2.45) is 5.92 Å². The van der Waals surface area contributed by atoms with Gasteiger partial charge in [0, 0.05) is 13.1 Å². The van der Waals surface area contributed by atoms with Gasteiger partial charge in [0.15, 0.2) is 6.10 Å². The van der Waals surface area contributed by atoms with Gasteiger partial charge >= 0.3 is 18.0 Å². The Labute approximate surface area is 110 Å². The van der Waals surface area contributed by atoms with Gasteiger partial charge in [-0.25, -0.2) is 9.59 Å². The third-order valence-corrected chi connectivity index (χ3v) is 3.05. The summed E-state index contributed by atoms with van der Waals surface area (Å²) in [5.41, 5.74) is 0. The fourth-order valence-electron chi connectivity index (χ4n) is 1.87. The number of hydrogen-bond donors (Lipinski definition) is 3. The quantitative estimate of drug-likeness (QED) is 0.568. The molecule has 19 heavy (non-hydrogen) atoms. The number of nitrogens with zero attached hydrogens (tertiary/aromatic N) is 1. The summed E-state index contributed by atoms with van der Waals surface area (Å²) in [6.45, 7) is 0.453. The second kappa shape index (κ2) is 6.93. The van der Waals surface area contributed by atoms with Gasteiger partial charge in [0.25, 0.3) is 0 Å². The maximum atomic E-state index is 11.7. The van der Waals surface area contributed by atoms with Crippen molar-refractivity contribution in [2.45, 2.75) is 18.9 Å². The predicted octanol–water partition coefficient (Wildman–Crippen LogP) is -0.973. The molecule has 0 radical (unpaired) electrons. The lowest BCUT2D eigenvalue weighted by atomic mass is 9.97. The lowest BCUT2D eigenvalue weighted by Crippen LogP contribution is -2.48. The third kappa shape index (κ3) is 4.40. The van der Waals surface area contributed by atoms with Crippen LogP contribution in [-0.2, 0) is 14.3 Å². The van der Waals surface area contributed by atoms with E-state index in [0.717, 1.165) is 0 Å². The number of carboxylic acids is 1. The van der Waals surface area contributed by atoms with Crippen molar-refractivity contribution in [3.05, 3.63) is 0 Å². The summed E-state index contributed by atoms with van der Waals surface area (Å²) in [7, 11) is 1.33. The first-order chi connectivity index (χ1) is 8.95. The molecule has 1 atom stereocenters. The van der Waals surface area contributed by atoms with Gasteiger partial charge < -0.3 is 25.2 Å². The highest BCUT2D eigenvalue weighted by atomic mass is 16.5. The normalized spacial score (nSPS) is 17.7. The Morgan fingerprint density at radius 1 is 1.37 bits per heavy atom. The van der Waals surface area contributed by atoms with Crippen LogP contribution in [0.5, 0.6) is 0 Å². The molecule has 2 amide bonds. The number of aliphatic hydroxyl groups excluding tert-OH is 1. The van der Waals surface area contributed by atoms with E-state index in [9.17, 15) is 14.4 Å². The number of ether oxygens (including phenoxy) is 1. The Morgan fingerprint density at radius 2 is 1.95 bits per heavy atom. The Balaban J connectivity index is 2.33. The van der Waals surface area contributed by atoms with E-state index in [1.165, 1.54) is 12.0 Å². The van der Waals surface area contributed by atoms with Gasteiger partial charge in [-0.3, -0.25) is 4.79 Å². The van der Waals surface area contributed by atoms with Crippen LogP contribution in [0.4, 0.5) is 4.79 Å². The van der Waals surface area contributed by atoms with Crippen molar-refractivity contribution in [1.82, 2.24) is 10.2 Å². The van der Waals surface area contributed by atoms with Crippen molar-refractivity contribution in [3.8, 4) is 0 Å². The number of esters is 1. The maximum Gasteiger partial charge on any atom is 0.334 e. The number of carbonyl (C=O) groups is 3. The number of carboxylic acid groups (broad SMARTS) is 1. The molecule has 0 aromatic rings. The van der Waals surface area contributed by atoms with Crippen LogP contribution >= 0.6 is 0 Å². The van der Waals surface area contributed by atoms with Gasteiger partial charge in [-0.1, -0.05) is 0 Å². The second-order valence-corrected chi connectivity index (χ2v) is 4.32. The monoisotopic (exact) mass is 274 g/mol. The molecule has 1 saturated heterocycles. The standard InChI is InChI=1S/C11H18N2O6/c1-19-10(17)7-2-4-13(5-3-7)11(18)12-6-8(14)9(15)16/h7-8,14H,2-6H2,1H3,(H,12,18)(H,15,16)/t8-/m0/s1. The van der Waals surface area contributed by atoms with E-state index in [1.807, 2.05) is 0 Å². The molecule has 0 aromatic carbocycles. The predicted molar refractivity (Wildman–Crippen MR) is 63.4 cm³/mol. The molecule has 0 bridgehead atoms. The zero-order valence-electron chi connectivity index (χ0n) is 10.7. The van der Waals surface area contributed by atoms with E-state index in [0.29, 0.717) is 25.9 Å². The molecular weight excluding hydrogens is 256 g/mol. The largest absolute Gasteiger partial charge is 0.479 e. The molecule has 8 heteroatoms. The van der Waals surface area contributed by atoms with E-state index in [4.69, 9.17) is 10.2 Å². The van der Waals surface area contributed by atoms with Gasteiger partial charge in [0.1, 0.15) is 0 Å². The van der Waals surface area contributed by atoms with E-state index < -0.39 is 18.1 Å². The van der Waals surface area contributed by atoms with Crippen molar-refractivity contribution >= 4 is 18.0 Å². The van der Waals surface area contributed by atoms with Crippen LogP contribution in [0.2, 0.25) is 0 Å². The minimum Gasteiger partial charge on any atom is -0.479 e. The maximum absolute atomic E-state index is 11.7. The third-order valence-electron chi connectivity index (χ3n) is 3.05. The van der Waals surface area contributed by atoms with Gasteiger partial charge in [-0.05, 0) is 12.8 Å². The zero-order chi connectivity index (χ0) is 14.4. The van der Waals surface area contributed by atoms with Crippen molar-refractivity contribution < 1.29 is 29.3 Å². The number of methoxy groups -OCH3 is 1. The number of likely N-dealkylation sites (tertiary alicyclic amines) is 1. The number of amides is 2. The molecule has 3 N–H and O–H groups in total. The number of urea groups is 1. The van der Waals surface area contributed by atoms with E-state index >= 15 is 0 Å². The molecule has 1 rings (SSSR count). The summed E-state index contributed by atoms with van der Waals surface area (Å²) in [4.78, 5) is 34.8. The number of carbonyl (C=O) groups excluding carboxylic acids is 2. The van der Waals surface area contributed by atoms with Crippen molar-refractivity contribution in [3.63, 3.8) is 0 Å². The highest BCUT2D eigenvalue weighted by Gasteiger charge is 2.28. The van der Waals surface area contributed by atoms with Crippen LogP contribution in [-0.4, -0.2) is 65.9 Å². The van der Waals surface area contributed by atoms with Crippen LogP contribution in [0.1, 0.15) is 12.8 Å². The summed E-state index contributed by atoms with van der Waals surface area (Å²) in [6.07, 6.45) is -0.583. The molecule has 108 valence electrons. The number of rotatable bonds is 4. The smallest absolute Gasteiger partial charge is 0.334 e. The fourth-order valence-corrected chi connectivity index (χ4v) is 1.87. The summed E-state index contributed by atoms with van der Waals surface area (Å²) >= 11 is 0. The fraction of sp³-hybridized carbons (Fsp3) is 0.727. The van der Waals surface area contributed by atoms with Gasteiger partial charge in [-0.2, -0.15) is 0 Å². The minimum atomic E-state index is -1.61. The lowest BCUT2D eigenvalue weighted by molar-refractivity contribution is -0.147. The molecule has 1 aliphatic rings. The van der Waals surface area contributed by atoms with Crippen molar-refractivity contribution in [2.75, 3.05) is 26.7 Å². The average Bonchev–Trinajstić information content (AvgIpc) is 2.43. The molecule has 8 nitrogen and oxygen atoms in total. The minimum absolute atomic E-state index is 0.196. The molecule has 1 aliphatic heterocycles. The summed E-state index contributed by atoms with van der Waals surface area (Å²) in [6, 6.07) is -0.441. The molecule has 0 spiro atoms. The molecule has 0 saturated carbocycles. The first-order valence-corrected chi connectivity index (χ1v) is 5.97. The molecule has 0 aliphatic carbocycles. The molecule has 0 aromatic heterocycles. The van der Waals surface area contributed by atoms with Crippen LogP contribution in [0.15, 0.2) is 0 Å². The Bertz CT molecular complexity index is 351. The highest BCUT2D eigenvalue weighted by Crippen LogP contribution is 2.18. The topological polar surface area (TPSA) is 116 Å².